The molecule has 1 fully saturated rings. The monoisotopic (exact) mass is 365 g/mol. The molecule has 2 N–H and O–H groups in total. The minimum Gasteiger partial charge on any atom is -0.508 e. The van der Waals surface area contributed by atoms with Gasteiger partial charge in [-0.25, -0.2) is 0 Å². The summed E-state index contributed by atoms with van der Waals surface area (Å²) in [4.78, 5) is 0. The standard InChI is InChI=1S/C23H27NO3/c1-16-14-18-15-20(25)7-10-22(18)27-23(16)17-5-8-21(9-6-17)26-13-11-19-4-2-3-12-24-19/h5-10,14-15,19,23-25H,2-4,11-13H2,1H3. The van der Waals surface area contributed by atoms with E-state index in [-0.39, 0.29) is 11.9 Å². The molecule has 2 heterocycles. The van der Waals surface area contributed by atoms with Gasteiger partial charge in [0.25, 0.3) is 0 Å². The van der Waals surface area contributed by atoms with E-state index in [1.54, 1.807) is 12.1 Å². The van der Waals surface area contributed by atoms with E-state index in [9.17, 15) is 5.11 Å². The minimum atomic E-state index is -0.109. The fraction of sp³-hybridized carbons (Fsp3) is 0.391. The van der Waals surface area contributed by atoms with Crippen LogP contribution in [0.1, 0.15) is 49.8 Å². The predicted octanol–water partition coefficient (Wildman–Crippen LogP) is 4.84. The molecule has 0 radical (unpaired) electrons. The highest BCUT2D eigenvalue weighted by atomic mass is 16.5. The van der Waals surface area contributed by atoms with E-state index >= 15 is 0 Å². The number of rotatable bonds is 5. The highest BCUT2D eigenvalue weighted by Crippen LogP contribution is 2.38. The van der Waals surface area contributed by atoms with Crippen molar-refractivity contribution in [2.24, 2.45) is 0 Å². The second kappa shape index (κ2) is 8.05. The van der Waals surface area contributed by atoms with Gasteiger partial charge in [-0.1, -0.05) is 18.6 Å². The minimum absolute atomic E-state index is 0.109. The summed E-state index contributed by atoms with van der Waals surface area (Å²) in [6, 6.07) is 14.0. The summed E-state index contributed by atoms with van der Waals surface area (Å²) in [5.74, 6) is 1.95. The summed E-state index contributed by atoms with van der Waals surface area (Å²) < 4.78 is 12.1. The Bertz CT molecular complexity index is 807. The summed E-state index contributed by atoms with van der Waals surface area (Å²) >= 11 is 0. The molecule has 4 heteroatoms. The quantitative estimate of drug-likeness (QED) is 0.796. The lowest BCUT2D eigenvalue weighted by atomic mass is 9.97. The van der Waals surface area contributed by atoms with Crippen molar-refractivity contribution >= 4 is 6.08 Å². The SMILES string of the molecule is CC1=Cc2cc(O)ccc2OC1c1ccc(OCCC2CCCCN2)cc1. The number of phenols is 1. The lowest BCUT2D eigenvalue weighted by molar-refractivity contribution is 0.238. The molecule has 2 aliphatic rings. The van der Waals surface area contributed by atoms with Crippen LogP contribution < -0.4 is 14.8 Å². The third kappa shape index (κ3) is 4.28. The van der Waals surface area contributed by atoms with Crippen molar-refractivity contribution in [3.8, 4) is 17.2 Å². The third-order valence-corrected chi connectivity index (χ3v) is 5.37. The second-order valence-corrected chi connectivity index (χ2v) is 7.46. The Balaban J connectivity index is 1.37. The molecule has 0 aliphatic carbocycles. The molecule has 27 heavy (non-hydrogen) atoms. The summed E-state index contributed by atoms with van der Waals surface area (Å²) in [5.41, 5.74) is 3.13. The van der Waals surface area contributed by atoms with Crippen molar-refractivity contribution in [3.63, 3.8) is 0 Å². The van der Waals surface area contributed by atoms with Crippen LogP contribution in [0.2, 0.25) is 0 Å². The molecule has 2 unspecified atom stereocenters. The van der Waals surface area contributed by atoms with Crippen molar-refractivity contribution in [2.75, 3.05) is 13.2 Å². The lowest BCUT2D eigenvalue weighted by Gasteiger charge is -2.26. The van der Waals surface area contributed by atoms with Gasteiger partial charge in [-0.2, -0.15) is 0 Å². The Morgan fingerprint density at radius 1 is 1.15 bits per heavy atom. The number of nitrogens with one attached hydrogen (secondary N) is 1. The fourth-order valence-electron chi connectivity index (χ4n) is 3.86. The summed E-state index contributed by atoms with van der Waals surface area (Å²) in [6.07, 6.45) is 6.89. The highest BCUT2D eigenvalue weighted by Gasteiger charge is 2.22. The van der Waals surface area contributed by atoms with Crippen molar-refractivity contribution in [1.82, 2.24) is 5.32 Å². The molecule has 0 bridgehead atoms. The number of aromatic hydroxyl groups is 1. The molecule has 2 atom stereocenters. The largest absolute Gasteiger partial charge is 0.508 e. The van der Waals surface area contributed by atoms with E-state index in [0.29, 0.717) is 6.04 Å². The molecule has 142 valence electrons. The Kier molecular flexibility index (Phi) is 5.35. The molecular weight excluding hydrogens is 338 g/mol. The molecule has 0 spiro atoms. The molecule has 4 rings (SSSR count). The van der Waals surface area contributed by atoms with Gasteiger partial charge in [0.2, 0.25) is 0 Å². The number of phenolic OH excluding ortho intramolecular Hbond substituents is 1. The molecule has 4 nitrogen and oxygen atoms in total. The average molecular weight is 365 g/mol. The summed E-state index contributed by atoms with van der Waals surface area (Å²) in [5, 5.41) is 13.2. The zero-order chi connectivity index (χ0) is 18.6. The van der Waals surface area contributed by atoms with Gasteiger partial charge in [-0.15, -0.1) is 0 Å². The normalized spacial score (nSPS) is 21.7. The van der Waals surface area contributed by atoms with Crippen LogP contribution in [0.25, 0.3) is 6.08 Å². The van der Waals surface area contributed by atoms with E-state index in [0.717, 1.165) is 47.8 Å². The van der Waals surface area contributed by atoms with Crippen LogP contribution in [-0.2, 0) is 0 Å². The van der Waals surface area contributed by atoms with Gasteiger partial charge >= 0.3 is 0 Å². The van der Waals surface area contributed by atoms with Gasteiger partial charge < -0.3 is 19.9 Å². The molecule has 0 aromatic heterocycles. The molecule has 0 amide bonds. The zero-order valence-electron chi connectivity index (χ0n) is 15.8. The van der Waals surface area contributed by atoms with E-state index in [4.69, 9.17) is 9.47 Å². The van der Waals surface area contributed by atoms with Gasteiger partial charge in [0.15, 0.2) is 0 Å². The number of fused-ring (bicyclic) bond motifs is 1. The van der Waals surface area contributed by atoms with Crippen LogP contribution in [0.15, 0.2) is 48.0 Å². The first-order chi connectivity index (χ1) is 13.2. The zero-order valence-corrected chi connectivity index (χ0v) is 15.8. The van der Waals surface area contributed by atoms with Gasteiger partial charge in [0.1, 0.15) is 23.4 Å². The first kappa shape index (κ1) is 17.9. The summed E-state index contributed by atoms with van der Waals surface area (Å²) in [7, 11) is 0. The van der Waals surface area contributed by atoms with E-state index < -0.39 is 0 Å². The maximum atomic E-state index is 9.64. The first-order valence-corrected chi connectivity index (χ1v) is 9.83. The first-order valence-electron chi connectivity index (χ1n) is 9.83. The van der Waals surface area contributed by atoms with Crippen LogP contribution >= 0.6 is 0 Å². The van der Waals surface area contributed by atoms with Crippen molar-refractivity contribution in [3.05, 3.63) is 59.2 Å². The predicted molar refractivity (Wildman–Crippen MR) is 107 cm³/mol. The summed E-state index contributed by atoms with van der Waals surface area (Å²) in [6.45, 7) is 3.93. The van der Waals surface area contributed by atoms with Gasteiger partial charge in [0, 0.05) is 11.6 Å². The maximum Gasteiger partial charge on any atom is 0.145 e. The lowest BCUT2D eigenvalue weighted by Crippen LogP contribution is -2.35. The van der Waals surface area contributed by atoms with Crippen molar-refractivity contribution in [1.29, 1.82) is 0 Å². The molecule has 1 saturated heterocycles. The van der Waals surface area contributed by atoms with E-state index in [1.807, 2.05) is 18.2 Å². The maximum absolute atomic E-state index is 9.64. The van der Waals surface area contributed by atoms with Crippen LogP contribution in [0, 0.1) is 0 Å². The number of ether oxygens (including phenoxy) is 2. The van der Waals surface area contributed by atoms with Crippen LogP contribution in [-0.4, -0.2) is 24.3 Å². The van der Waals surface area contributed by atoms with Gasteiger partial charge in [0.05, 0.1) is 6.61 Å². The average Bonchev–Trinajstić information content (AvgIpc) is 2.69. The smallest absolute Gasteiger partial charge is 0.145 e. The third-order valence-electron chi connectivity index (χ3n) is 5.37. The number of hydrogen-bond donors (Lipinski definition) is 2. The van der Waals surface area contributed by atoms with Crippen molar-refractivity contribution in [2.45, 2.75) is 44.8 Å². The number of benzene rings is 2. The van der Waals surface area contributed by atoms with Crippen LogP contribution in [0.5, 0.6) is 17.2 Å². The van der Waals surface area contributed by atoms with E-state index in [2.05, 4.69) is 30.4 Å². The topological polar surface area (TPSA) is 50.7 Å². The Morgan fingerprint density at radius 3 is 2.78 bits per heavy atom. The number of piperidine rings is 1. The Labute approximate surface area is 160 Å². The highest BCUT2D eigenvalue weighted by molar-refractivity contribution is 5.65. The van der Waals surface area contributed by atoms with E-state index in [1.165, 1.54) is 19.3 Å². The van der Waals surface area contributed by atoms with Crippen LogP contribution in [0.4, 0.5) is 0 Å². The van der Waals surface area contributed by atoms with Gasteiger partial charge in [-0.3, -0.25) is 0 Å². The second-order valence-electron chi connectivity index (χ2n) is 7.46. The van der Waals surface area contributed by atoms with Crippen molar-refractivity contribution < 1.29 is 14.6 Å². The Morgan fingerprint density at radius 2 is 2.00 bits per heavy atom. The molecular formula is C23H27NO3. The van der Waals surface area contributed by atoms with Crippen LogP contribution in [0.3, 0.4) is 0 Å². The molecule has 2 aliphatic heterocycles. The Hall–Kier alpha value is -2.46. The molecule has 2 aromatic rings. The fourth-order valence-corrected chi connectivity index (χ4v) is 3.86. The molecule has 2 aromatic carbocycles. The van der Waals surface area contributed by atoms with Gasteiger partial charge in [-0.05, 0) is 80.3 Å². The molecule has 0 saturated carbocycles. The number of hydrogen-bond acceptors (Lipinski definition) is 4.